The number of carbonyl (C=O) groups is 2. The van der Waals surface area contributed by atoms with Crippen LogP contribution in [0.5, 0.6) is 17.2 Å². The summed E-state index contributed by atoms with van der Waals surface area (Å²) in [6, 6.07) is 33.6. The maximum absolute atomic E-state index is 11.0. The molecule has 4 rings (SSSR count). The first-order valence-electron chi connectivity index (χ1n) is 13.1. The van der Waals surface area contributed by atoms with Crippen LogP contribution in [0.15, 0.2) is 109 Å². The molecular formula is C33H36N2O5. The van der Waals surface area contributed by atoms with E-state index in [1.165, 1.54) is 5.56 Å². The second kappa shape index (κ2) is 15.1. The van der Waals surface area contributed by atoms with Gasteiger partial charge in [0.2, 0.25) is 0 Å². The van der Waals surface area contributed by atoms with Gasteiger partial charge in [0.15, 0.2) is 0 Å². The Hall–Kier alpha value is -4.62. The third kappa shape index (κ3) is 9.93. The first-order chi connectivity index (χ1) is 19.3. The molecule has 0 bridgehead atoms. The smallest absolute Gasteiger partial charge is 0.319 e. The van der Waals surface area contributed by atoms with Crippen molar-refractivity contribution in [2.24, 2.45) is 5.73 Å². The number of benzene rings is 4. The van der Waals surface area contributed by atoms with Gasteiger partial charge in [0, 0.05) is 11.0 Å². The molecule has 0 aromatic heterocycles. The van der Waals surface area contributed by atoms with Gasteiger partial charge >= 0.3 is 6.03 Å². The molecule has 208 valence electrons. The highest BCUT2D eigenvalue weighted by Crippen LogP contribution is 2.27. The largest absolute Gasteiger partial charge is 0.494 e. The monoisotopic (exact) mass is 540 g/mol. The third-order valence-corrected chi connectivity index (χ3v) is 5.83. The second-order valence-electron chi connectivity index (χ2n) is 9.58. The molecule has 3 N–H and O–H groups in total. The molecule has 40 heavy (non-hydrogen) atoms. The first kappa shape index (κ1) is 29.9. The van der Waals surface area contributed by atoms with Gasteiger partial charge in [-0.25, -0.2) is 4.79 Å². The highest BCUT2D eigenvalue weighted by Gasteiger charge is 2.21. The lowest BCUT2D eigenvalue weighted by Crippen LogP contribution is -2.34. The number of rotatable bonds is 10. The molecule has 0 spiro atoms. The number of imide groups is 1. The zero-order valence-corrected chi connectivity index (χ0v) is 23.1. The molecule has 0 unspecified atom stereocenters. The molecule has 0 radical (unpaired) electrons. The fourth-order valence-electron chi connectivity index (χ4n) is 3.77. The zero-order valence-electron chi connectivity index (χ0n) is 23.1. The Morgan fingerprint density at radius 1 is 0.775 bits per heavy atom. The summed E-state index contributed by atoms with van der Waals surface area (Å²) < 4.78 is 17.5. The summed E-state index contributed by atoms with van der Waals surface area (Å²) in [5.74, 6) is 2.07. The number of nitrogens with one attached hydrogen (secondary N) is 1. The molecule has 0 aliphatic heterocycles. The molecule has 4 aromatic carbocycles. The van der Waals surface area contributed by atoms with Crippen LogP contribution in [0.25, 0.3) is 0 Å². The topological polar surface area (TPSA) is 99.9 Å². The fourth-order valence-corrected chi connectivity index (χ4v) is 3.77. The summed E-state index contributed by atoms with van der Waals surface area (Å²) in [5.41, 5.74) is 7.42. The molecule has 7 heteroatoms. The van der Waals surface area contributed by atoms with Gasteiger partial charge < -0.3 is 19.9 Å². The number of ether oxygens (including phenoxy) is 3. The third-order valence-electron chi connectivity index (χ3n) is 5.83. The fraction of sp³-hybridized carbons (Fsp3) is 0.212. The quantitative estimate of drug-likeness (QED) is 0.229. The van der Waals surface area contributed by atoms with Crippen molar-refractivity contribution in [1.82, 2.24) is 5.32 Å². The van der Waals surface area contributed by atoms with Gasteiger partial charge in [-0.2, -0.15) is 0 Å². The molecular weight excluding hydrogens is 504 g/mol. The van der Waals surface area contributed by atoms with Crippen molar-refractivity contribution in [3.05, 3.63) is 126 Å². The van der Waals surface area contributed by atoms with Crippen LogP contribution in [0.1, 0.15) is 42.3 Å². The Balaban J connectivity index is 0.000000307. The minimum Gasteiger partial charge on any atom is -0.494 e. The Kier molecular flexibility index (Phi) is 11.3. The van der Waals surface area contributed by atoms with Gasteiger partial charge in [-0.3, -0.25) is 10.1 Å². The lowest BCUT2D eigenvalue weighted by Gasteiger charge is -2.25. The number of nitrogens with two attached hydrogens (primary N) is 1. The number of hydrogen-bond donors (Lipinski definition) is 2. The molecule has 0 saturated carbocycles. The van der Waals surface area contributed by atoms with Gasteiger partial charge in [-0.1, -0.05) is 74.5 Å². The molecule has 3 amide bonds. The van der Waals surface area contributed by atoms with Crippen LogP contribution in [-0.4, -0.2) is 25.2 Å². The van der Waals surface area contributed by atoms with E-state index in [0.29, 0.717) is 25.4 Å². The van der Waals surface area contributed by atoms with E-state index in [1.54, 1.807) is 30.3 Å². The molecule has 0 aliphatic carbocycles. The van der Waals surface area contributed by atoms with Gasteiger partial charge in [0.1, 0.15) is 17.2 Å². The number of amides is 3. The Morgan fingerprint density at radius 2 is 1.40 bits per heavy atom. The van der Waals surface area contributed by atoms with Crippen molar-refractivity contribution in [3.63, 3.8) is 0 Å². The predicted molar refractivity (Wildman–Crippen MR) is 157 cm³/mol. The Labute approximate surface area is 235 Å². The number of hydrogen-bond acceptors (Lipinski definition) is 5. The van der Waals surface area contributed by atoms with Crippen molar-refractivity contribution in [2.75, 3.05) is 13.2 Å². The van der Waals surface area contributed by atoms with Gasteiger partial charge in [0.25, 0.3) is 5.91 Å². The molecule has 0 fully saturated rings. The molecule has 0 atom stereocenters. The normalized spacial score (nSPS) is 10.6. The summed E-state index contributed by atoms with van der Waals surface area (Å²) in [6.07, 6.45) is 0. The van der Waals surface area contributed by atoms with E-state index in [9.17, 15) is 9.59 Å². The number of carbonyl (C=O) groups excluding carboxylic acids is 2. The number of para-hydroxylation sites is 1. The van der Waals surface area contributed by atoms with E-state index in [4.69, 9.17) is 19.9 Å². The van der Waals surface area contributed by atoms with Crippen molar-refractivity contribution in [2.45, 2.75) is 32.8 Å². The van der Waals surface area contributed by atoms with E-state index < -0.39 is 11.9 Å². The van der Waals surface area contributed by atoms with Gasteiger partial charge in [-0.05, 0) is 66.6 Å². The zero-order chi connectivity index (χ0) is 28.8. The summed E-state index contributed by atoms with van der Waals surface area (Å²) in [4.78, 5) is 21.3. The van der Waals surface area contributed by atoms with Gasteiger partial charge in [0.05, 0.1) is 19.8 Å². The molecule has 0 saturated heterocycles. The molecule has 7 nitrogen and oxygen atoms in total. The minimum absolute atomic E-state index is 0.0805. The van der Waals surface area contributed by atoms with Crippen molar-refractivity contribution >= 4 is 11.9 Å². The number of urea groups is 1. The number of primary amides is 1. The summed E-state index contributed by atoms with van der Waals surface area (Å²) in [5, 5.41) is 1.96. The summed E-state index contributed by atoms with van der Waals surface area (Å²) >= 11 is 0. The average Bonchev–Trinajstić information content (AvgIpc) is 2.95. The van der Waals surface area contributed by atoms with Crippen LogP contribution < -0.4 is 20.5 Å². The second-order valence-corrected chi connectivity index (χ2v) is 9.58. The summed E-state index contributed by atoms with van der Waals surface area (Å²) in [7, 11) is 0. The Morgan fingerprint density at radius 3 is 2.02 bits per heavy atom. The highest BCUT2D eigenvalue weighted by molar-refractivity contribution is 6.03. The van der Waals surface area contributed by atoms with Gasteiger partial charge in [-0.15, -0.1) is 0 Å². The lowest BCUT2D eigenvalue weighted by molar-refractivity contribution is 0.0824. The molecule has 0 aliphatic rings. The van der Waals surface area contributed by atoms with Crippen molar-refractivity contribution < 1.29 is 23.8 Å². The highest BCUT2D eigenvalue weighted by atomic mass is 16.5. The van der Waals surface area contributed by atoms with E-state index in [-0.39, 0.29) is 5.41 Å². The van der Waals surface area contributed by atoms with E-state index >= 15 is 0 Å². The standard InChI is InChI=1S/C25H28O3.C8H8N2O2/c1-4-27-22-15-13-21(14-16-22)25(2,3)19-26-18-20-9-8-12-24(17-20)28-23-10-6-5-7-11-23;9-8(12)10-7(11)6-4-2-1-3-5-6/h5-17H,4,18-19H2,1-3H3;1-5H,(H3,9,10,11,12). The van der Waals surface area contributed by atoms with E-state index in [1.807, 2.05) is 72.9 Å². The minimum atomic E-state index is -0.844. The average molecular weight is 541 g/mol. The van der Waals surface area contributed by atoms with E-state index in [0.717, 1.165) is 22.8 Å². The van der Waals surface area contributed by atoms with E-state index in [2.05, 4.69) is 32.0 Å². The molecule has 0 heterocycles. The maximum atomic E-state index is 11.0. The van der Waals surface area contributed by atoms with Crippen molar-refractivity contribution in [3.8, 4) is 17.2 Å². The maximum Gasteiger partial charge on any atom is 0.319 e. The van der Waals surface area contributed by atoms with Crippen LogP contribution >= 0.6 is 0 Å². The molecule has 4 aromatic rings. The summed E-state index contributed by atoms with van der Waals surface area (Å²) in [6.45, 7) is 8.23. The predicted octanol–water partition coefficient (Wildman–Crippen LogP) is 6.87. The van der Waals surface area contributed by atoms with Crippen LogP contribution in [0, 0.1) is 0 Å². The van der Waals surface area contributed by atoms with Crippen LogP contribution in [-0.2, 0) is 16.8 Å². The Bertz CT molecular complexity index is 1340. The SMILES string of the molecule is CCOc1ccc(C(C)(C)COCc2cccc(Oc3ccccc3)c2)cc1.NC(=O)NC(=O)c1ccccc1. The van der Waals surface area contributed by atoms with Crippen LogP contribution in [0.2, 0.25) is 0 Å². The van der Waals surface area contributed by atoms with Crippen molar-refractivity contribution in [1.29, 1.82) is 0 Å². The lowest BCUT2D eigenvalue weighted by atomic mass is 9.85. The van der Waals surface area contributed by atoms with Crippen LogP contribution in [0.3, 0.4) is 0 Å². The van der Waals surface area contributed by atoms with Crippen LogP contribution in [0.4, 0.5) is 4.79 Å². The first-order valence-corrected chi connectivity index (χ1v) is 13.1.